The third-order valence-corrected chi connectivity index (χ3v) is 2.63. The molecule has 0 bridgehead atoms. The summed E-state index contributed by atoms with van der Waals surface area (Å²) in [6.45, 7) is 2.36. The van der Waals surface area contributed by atoms with Gasteiger partial charge in [-0.05, 0) is 25.9 Å². The van der Waals surface area contributed by atoms with Crippen LogP contribution >= 0.6 is 0 Å². The van der Waals surface area contributed by atoms with Gasteiger partial charge in [0, 0.05) is 13.1 Å². The van der Waals surface area contributed by atoms with E-state index < -0.39 is 12.7 Å². The van der Waals surface area contributed by atoms with Crippen LogP contribution in [0.2, 0.25) is 0 Å². The van der Waals surface area contributed by atoms with Gasteiger partial charge in [0.15, 0.2) is 0 Å². The SMILES string of the molecule is FC(F)(F)CNCCN1CCCCCC1. The molecule has 1 aliphatic rings. The minimum Gasteiger partial charge on any atom is -0.307 e. The van der Waals surface area contributed by atoms with E-state index in [1.54, 1.807) is 0 Å². The number of rotatable bonds is 4. The Morgan fingerprint density at radius 2 is 1.60 bits per heavy atom. The molecule has 5 heteroatoms. The van der Waals surface area contributed by atoms with Crippen LogP contribution in [0.3, 0.4) is 0 Å². The average Bonchev–Trinajstić information content (AvgIpc) is 2.39. The fraction of sp³-hybridized carbons (Fsp3) is 1.00. The van der Waals surface area contributed by atoms with Gasteiger partial charge in [-0.15, -0.1) is 0 Å². The summed E-state index contributed by atoms with van der Waals surface area (Å²) in [4.78, 5) is 2.25. The van der Waals surface area contributed by atoms with Gasteiger partial charge in [0.05, 0.1) is 6.54 Å². The van der Waals surface area contributed by atoms with Crippen LogP contribution in [-0.4, -0.2) is 43.8 Å². The topological polar surface area (TPSA) is 15.3 Å². The van der Waals surface area contributed by atoms with Crippen molar-refractivity contribution in [1.82, 2.24) is 10.2 Å². The Morgan fingerprint density at radius 1 is 1.00 bits per heavy atom. The van der Waals surface area contributed by atoms with E-state index in [1.165, 1.54) is 25.7 Å². The van der Waals surface area contributed by atoms with E-state index in [0.717, 1.165) is 19.6 Å². The van der Waals surface area contributed by atoms with Crippen molar-refractivity contribution in [2.75, 3.05) is 32.7 Å². The Hall–Kier alpha value is -0.290. The molecule has 0 amide bonds. The lowest BCUT2D eigenvalue weighted by molar-refractivity contribution is -0.124. The van der Waals surface area contributed by atoms with Gasteiger partial charge in [-0.25, -0.2) is 0 Å². The highest BCUT2D eigenvalue weighted by atomic mass is 19.4. The Labute approximate surface area is 88.8 Å². The zero-order chi connectivity index (χ0) is 11.1. The average molecular weight is 224 g/mol. The maximum atomic E-state index is 11.8. The minimum absolute atomic E-state index is 0.430. The quantitative estimate of drug-likeness (QED) is 0.735. The van der Waals surface area contributed by atoms with E-state index in [1.807, 2.05) is 0 Å². The van der Waals surface area contributed by atoms with Crippen LogP contribution in [0, 0.1) is 0 Å². The molecule has 1 fully saturated rings. The van der Waals surface area contributed by atoms with Gasteiger partial charge < -0.3 is 10.2 Å². The van der Waals surface area contributed by atoms with Crippen molar-refractivity contribution in [1.29, 1.82) is 0 Å². The first-order valence-corrected chi connectivity index (χ1v) is 5.58. The standard InChI is InChI=1S/C10H19F3N2/c11-10(12,13)9-14-5-8-15-6-3-1-2-4-7-15/h14H,1-9H2. The summed E-state index contributed by atoms with van der Waals surface area (Å²) >= 11 is 0. The second-order valence-electron chi connectivity index (χ2n) is 4.05. The van der Waals surface area contributed by atoms with E-state index in [9.17, 15) is 13.2 Å². The molecule has 0 unspecified atom stereocenters. The fourth-order valence-electron chi connectivity index (χ4n) is 1.83. The van der Waals surface area contributed by atoms with Crippen LogP contribution in [0.1, 0.15) is 25.7 Å². The van der Waals surface area contributed by atoms with Crippen molar-refractivity contribution >= 4 is 0 Å². The second kappa shape index (κ2) is 6.33. The van der Waals surface area contributed by atoms with Gasteiger partial charge in [0.1, 0.15) is 0 Å². The molecule has 0 spiro atoms. The van der Waals surface area contributed by atoms with Crippen LogP contribution in [0.4, 0.5) is 13.2 Å². The molecule has 1 saturated heterocycles. The summed E-state index contributed by atoms with van der Waals surface area (Å²) in [7, 11) is 0. The van der Waals surface area contributed by atoms with E-state index in [0.29, 0.717) is 6.54 Å². The molecule has 1 N–H and O–H groups in total. The molecular weight excluding hydrogens is 205 g/mol. The van der Waals surface area contributed by atoms with E-state index in [-0.39, 0.29) is 0 Å². The zero-order valence-corrected chi connectivity index (χ0v) is 8.95. The van der Waals surface area contributed by atoms with Gasteiger partial charge >= 0.3 is 6.18 Å². The van der Waals surface area contributed by atoms with Crippen molar-refractivity contribution < 1.29 is 13.2 Å². The molecule has 90 valence electrons. The third-order valence-electron chi connectivity index (χ3n) is 2.63. The normalized spacial score (nSPS) is 20.2. The zero-order valence-electron chi connectivity index (χ0n) is 8.95. The molecule has 0 aromatic carbocycles. The largest absolute Gasteiger partial charge is 0.401 e. The van der Waals surface area contributed by atoms with E-state index in [2.05, 4.69) is 10.2 Å². The maximum Gasteiger partial charge on any atom is 0.401 e. The molecule has 0 aromatic rings. The maximum absolute atomic E-state index is 11.8. The molecule has 1 heterocycles. The van der Waals surface area contributed by atoms with Crippen LogP contribution in [0.15, 0.2) is 0 Å². The van der Waals surface area contributed by atoms with Crippen LogP contribution in [0.25, 0.3) is 0 Å². The molecule has 0 atom stereocenters. The van der Waals surface area contributed by atoms with Gasteiger partial charge in [0.25, 0.3) is 0 Å². The van der Waals surface area contributed by atoms with Crippen molar-refractivity contribution in [2.24, 2.45) is 0 Å². The summed E-state index contributed by atoms with van der Waals surface area (Å²) in [5, 5.41) is 2.43. The summed E-state index contributed by atoms with van der Waals surface area (Å²) in [5.74, 6) is 0. The highest BCUT2D eigenvalue weighted by Crippen LogP contribution is 2.12. The summed E-state index contributed by atoms with van der Waals surface area (Å²) < 4.78 is 35.4. The molecule has 1 aliphatic heterocycles. The molecule has 2 nitrogen and oxygen atoms in total. The number of hydrogen-bond acceptors (Lipinski definition) is 2. The molecular formula is C10H19F3N2. The van der Waals surface area contributed by atoms with Crippen molar-refractivity contribution in [3.63, 3.8) is 0 Å². The van der Waals surface area contributed by atoms with Gasteiger partial charge in [-0.2, -0.15) is 13.2 Å². The number of likely N-dealkylation sites (tertiary alicyclic amines) is 1. The van der Waals surface area contributed by atoms with Crippen molar-refractivity contribution in [2.45, 2.75) is 31.9 Å². The molecule has 0 saturated carbocycles. The summed E-state index contributed by atoms with van der Waals surface area (Å²) in [6, 6.07) is 0. The highest BCUT2D eigenvalue weighted by Gasteiger charge is 2.26. The first kappa shape index (κ1) is 12.8. The predicted octanol–water partition coefficient (Wildman–Crippen LogP) is 2.01. The van der Waals surface area contributed by atoms with E-state index >= 15 is 0 Å². The Balaban J connectivity index is 2.03. The Kier molecular flexibility index (Phi) is 5.39. The third kappa shape index (κ3) is 6.73. The van der Waals surface area contributed by atoms with Gasteiger partial charge in [-0.3, -0.25) is 0 Å². The summed E-state index contributed by atoms with van der Waals surface area (Å²) in [6.07, 6.45) is 0.788. The van der Waals surface area contributed by atoms with E-state index in [4.69, 9.17) is 0 Å². The fourth-order valence-corrected chi connectivity index (χ4v) is 1.83. The lowest BCUT2D eigenvalue weighted by atomic mass is 10.2. The molecule has 0 aliphatic carbocycles. The summed E-state index contributed by atoms with van der Waals surface area (Å²) in [5.41, 5.74) is 0. The predicted molar refractivity (Wildman–Crippen MR) is 53.8 cm³/mol. The monoisotopic (exact) mass is 224 g/mol. The van der Waals surface area contributed by atoms with Crippen molar-refractivity contribution in [3.8, 4) is 0 Å². The molecule has 0 radical (unpaired) electrons. The lowest BCUT2D eigenvalue weighted by Crippen LogP contribution is -2.36. The van der Waals surface area contributed by atoms with Crippen molar-refractivity contribution in [3.05, 3.63) is 0 Å². The van der Waals surface area contributed by atoms with Gasteiger partial charge in [-0.1, -0.05) is 12.8 Å². The smallest absolute Gasteiger partial charge is 0.307 e. The lowest BCUT2D eigenvalue weighted by Gasteiger charge is -2.20. The number of nitrogens with zero attached hydrogens (tertiary/aromatic N) is 1. The minimum atomic E-state index is -4.08. The Morgan fingerprint density at radius 3 is 2.13 bits per heavy atom. The first-order valence-electron chi connectivity index (χ1n) is 5.58. The number of halogens is 3. The molecule has 15 heavy (non-hydrogen) atoms. The first-order chi connectivity index (χ1) is 7.08. The second-order valence-corrected chi connectivity index (χ2v) is 4.05. The molecule has 1 rings (SSSR count). The van der Waals surface area contributed by atoms with Crippen LogP contribution in [-0.2, 0) is 0 Å². The number of alkyl halides is 3. The number of hydrogen-bond donors (Lipinski definition) is 1. The Bertz CT molecular complexity index is 163. The number of nitrogens with one attached hydrogen (secondary N) is 1. The van der Waals surface area contributed by atoms with Gasteiger partial charge in [0.2, 0.25) is 0 Å². The van der Waals surface area contributed by atoms with Crippen LogP contribution in [0.5, 0.6) is 0 Å². The van der Waals surface area contributed by atoms with Crippen LogP contribution < -0.4 is 5.32 Å². The molecule has 0 aromatic heterocycles. The highest BCUT2D eigenvalue weighted by molar-refractivity contribution is 4.65.